The number of hydrogen-bond acceptors (Lipinski definition) is 6. The molecule has 2 aliphatic heterocycles. The van der Waals surface area contributed by atoms with Gasteiger partial charge in [-0.05, 0) is 0 Å². The molecule has 0 radical (unpaired) electrons. The average molecular weight is 238 g/mol. The highest BCUT2D eigenvalue weighted by Crippen LogP contribution is 2.33. The van der Waals surface area contributed by atoms with Gasteiger partial charge in [-0.3, -0.25) is 0 Å². The first-order chi connectivity index (χ1) is 7.17. The molecule has 0 amide bonds. The Morgan fingerprint density at radius 3 is 2.53 bits per heavy atom. The number of rotatable bonds is 3. The molecule has 0 spiro atoms. The summed E-state index contributed by atoms with van der Waals surface area (Å²) in [6.07, 6.45) is -3.98. The SMILES string of the molecule is OCC(O)C1OC2OC(CP)OC2C1O. The quantitative estimate of drug-likeness (QED) is 0.495. The molecule has 2 saturated heterocycles. The van der Waals surface area contributed by atoms with Crippen molar-refractivity contribution in [3.05, 3.63) is 0 Å². The molecule has 2 aliphatic rings. The molecule has 0 saturated carbocycles. The summed E-state index contributed by atoms with van der Waals surface area (Å²) in [5, 5.41) is 27.9. The van der Waals surface area contributed by atoms with E-state index in [1.54, 1.807) is 0 Å². The van der Waals surface area contributed by atoms with Gasteiger partial charge < -0.3 is 29.5 Å². The van der Waals surface area contributed by atoms with Crippen molar-refractivity contribution in [1.29, 1.82) is 0 Å². The zero-order valence-electron chi connectivity index (χ0n) is 8.02. The molecule has 3 N–H and O–H groups in total. The Labute approximate surface area is 89.3 Å². The summed E-state index contributed by atoms with van der Waals surface area (Å²) < 4.78 is 15.9. The topological polar surface area (TPSA) is 88.4 Å². The molecular weight excluding hydrogens is 223 g/mol. The molecule has 0 aromatic rings. The fourth-order valence-corrected chi connectivity index (χ4v) is 2.03. The lowest BCUT2D eigenvalue weighted by atomic mass is 10.1. The molecule has 6 nitrogen and oxygen atoms in total. The van der Waals surface area contributed by atoms with Gasteiger partial charge in [-0.25, -0.2) is 0 Å². The second-order valence-electron chi connectivity index (χ2n) is 3.61. The zero-order valence-corrected chi connectivity index (χ0v) is 9.18. The van der Waals surface area contributed by atoms with Gasteiger partial charge in [-0.15, -0.1) is 9.24 Å². The summed E-state index contributed by atoms with van der Waals surface area (Å²) in [5.41, 5.74) is 0. The first kappa shape index (κ1) is 11.7. The fraction of sp³-hybridized carbons (Fsp3) is 1.00. The standard InChI is InChI=1S/C8H15O6P/c9-1-3(10)6-5(11)7-8(14-6)13-4(2-15)12-7/h3-11H,1-2,15H2. The maximum absolute atomic E-state index is 9.77. The highest BCUT2D eigenvalue weighted by Gasteiger charge is 2.53. The summed E-state index contributed by atoms with van der Waals surface area (Å²) in [6.45, 7) is -0.464. The minimum Gasteiger partial charge on any atom is -0.394 e. The lowest BCUT2D eigenvalue weighted by Crippen LogP contribution is -2.41. The van der Waals surface area contributed by atoms with Gasteiger partial charge in [0.2, 0.25) is 0 Å². The summed E-state index contributed by atoms with van der Waals surface area (Å²) in [4.78, 5) is 0. The van der Waals surface area contributed by atoms with E-state index in [1.807, 2.05) is 0 Å². The van der Waals surface area contributed by atoms with Crippen molar-refractivity contribution in [3.8, 4) is 0 Å². The van der Waals surface area contributed by atoms with Crippen LogP contribution in [0.2, 0.25) is 0 Å². The van der Waals surface area contributed by atoms with Crippen LogP contribution in [0.3, 0.4) is 0 Å². The Bertz CT molecular complexity index is 227. The second-order valence-corrected chi connectivity index (χ2v) is 4.08. The third-order valence-corrected chi connectivity index (χ3v) is 2.97. The minimum absolute atomic E-state index is 0.396. The van der Waals surface area contributed by atoms with Gasteiger partial charge >= 0.3 is 0 Å². The molecule has 0 aliphatic carbocycles. The van der Waals surface area contributed by atoms with E-state index in [4.69, 9.17) is 19.3 Å². The lowest BCUT2D eigenvalue weighted by Gasteiger charge is -2.21. The smallest absolute Gasteiger partial charge is 0.190 e. The predicted octanol–water partition coefficient (Wildman–Crippen LogP) is -1.96. The Balaban J connectivity index is 1.98. The molecule has 2 heterocycles. The monoisotopic (exact) mass is 238 g/mol. The van der Waals surface area contributed by atoms with Crippen molar-refractivity contribution in [1.82, 2.24) is 0 Å². The van der Waals surface area contributed by atoms with Crippen LogP contribution in [0.1, 0.15) is 0 Å². The Kier molecular flexibility index (Phi) is 3.57. The van der Waals surface area contributed by atoms with E-state index >= 15 is 0 Å². The average Bonchev–Trinajstić information content (AvgIpc) is 2.77. The van der Waals surface area contributed by atoms with Gasteiger partial charge in [0.25, 0.3) is 0 Å². The van der Waals surface area contributed by atoms with Gasteiger partial charge in [0.05, 0.1) is 6.61 Å². The molecule has 2 fully saturated rings. The van der Waals surface area contributed by atoms with E-state index in [0.29, 0.717) is 6.16 Å². The highest BCUT2D eigenvalue weighted by atomic mass is 31.0. The molecule has 15 heavy (non-hydrogen) atoms. The van der Waals surface area contributed by atoms with Gasteiger partial charge in [0, 0.05) is 6.16 Å². The predicted molar refractivity (Wildman–Crippen MR) is 52.1 cm³/mol. The van der Waals surface area contributed by atoms with E-state index in [0.717, 1.165) is 0 Å². The van der Waals surface area contributed by atoms with Gasteiger partial charge in [-0.2, -0.15) is 0 Å². The second kappa shape index (κ2) is 4.59. The molecule has 88 valence electrons. The van der Waals surface area contributed by atoms with Crippen LogP contribution in [-0.4, -0.2) is 65.1 Å². The van der Waals surface area contributed by atoms with Crippen molar-refractivity contribution in [2.24, 2.45) is 0 Å². The zero-order chi connectivity index (χ0) is 11.0. The number of hydrogen-bond donors (Lipinski definition) is 3. The van der Waals surface area contributed by atoms with Crippen molar-refractivity contribution in [2.75, 3.05) is 12.8 Å². The van der Waals surface area contributed by atoms with Crippen molar-refractivity contribution >= 4 is 9.24 Å². The molecular formula is C8H15O6P. The highest BCUT2D eigenvalue weighted by molar-refractivity contribution is 7.16. The van der Waals surface area contributed by atoms with Crippen LogP contribution in [0, 0.1) is 0 Å². The van der Waals surface area contributed by atoms with E-state index in [2.05, 4.69) is 9.24 Å². The van der Waals surface area contributed by atoms with E-state index in [1.165, 1.54) is 0 Å². The van der Waals surface area contributed by atoms with E-state index < -0.39 is 43.6 Å². The molecule has 2 rings (SSSR count). The number of aliphatic hydroxyl groups excluding tert-OH is 3. The molecule has 0 bridgehead atoms. The van der Waals surface area contributed by atoms with Crippen LogP contribution in [0.4, 0.5) is 0 Å². The number of aliphatic hydroxyl groups is 3. The third-order valence-electron chi connectivity index (χ3n) is 2.59. The summed E-state index contributed by atoms with van der Waals surface area (Å²) in [5.74, 6) is 0. The van der Waals surface area contributed by atoms with Crippen molar-refractivity contribution in [3.63, 3.8) is 0 Å². The Morgan fingerprint density at radius 2 is 2.00 bits per heavy atom. The van der Waals surface area contributed by atoms with Gasteiger partial charge in [0.15, 0.2) is 12.6 Å². The molecule has 0 aromatic heterocycles. The van der Waals surface area contributed by atoms with Crippen LogP contribution in [0.5, 0.6) is 0 Å². The van der Waals surface area contributed by atoms with Crippen LogP contribution in [0.25, 0.3) is 0 Å². The van der Waals surface area contributed by atoms with E-state index in [9.17, 15) is 10.2 Å². The maximum Gasteiger partial charge on any atom is 0.190 e. The number of fused-ring (bicyclic) bond motifs is 1. The minimum atomic E-state index is -1.12. The largest absolute Gasteiger partial charge is 0.394 e. The van der Waals surface area contributed by atoms with Crippen LogP contribution >= 0.6 is 9.24 Å². The normalized spacial score (nSPS) is 46.8. The van der Waals surface area contributed by atoms with Crippen molar-refractivity contribution < 1.29 is 29.5 Å². The summed E-state index contributed by atoms with van der Waals surface area (Å²) in [6, 6.07) is 0. The number of ether oxygens (including phenoxy) is 3. The third kappa shape index (κ3) is 2.03. The first-order valence-corrected chi connectivity index (χ1v) is 5.62. The fourth-order valence-electron chi connectivity index (χ4n) is 1.81. The first-order valence-electron chi connectivity index (χ1n) is 4.80. The molecule has 7 atom stereocenters. The molecule has 7 heteroatoms. The van der Waals surface area contributed by atoms with Gasteiger partial charge in [-0.1, -0.05) is 0 Å². The summed E-state index contributed by atoms with van der Waals surface area (Å²) >= 11 is 0. The van der Waals surface area contributed by atoms with Gasteiger partial charge in [0.1, 0.15) is 24.4 Å². The maximum atomic E-state index is 9.77. The Morgan fingerprint density at radius 1 is 1.27 bits per heavy atom. The molecule has 7 unspecified atom stereocenters. The van der Waals surface area contributed by atoms with Crippen LogP contribution in [-0.2, 0) is 14.2 Å². The summed E-state index contributed by atoms with van der Waals surface area (Å²) in [7, 11) is 2.47. The Hall–Kier alpha value is 0.190. The van der Waals surface area contributed by atoms with E-state index in [-0.39, 0.29) is 0 Å². The van der Waals surface area contributed by atoms with Crippen molar-refractivity contribution in [2.45, 2.75) is 37.0 Å². The van der Waals surface area contributed by atoms with Crippen LogP contribution < -0.4 is 0 Å². The lowest BCUT2D eigenvalue weighted by molar-refractivity contribution is -0.183. The van der Waals surface area contributed by atoms with Crippen LogP contribution in [0.15, 0.2) is 0 Å². The molecule has 0 aromatic carbocycles.